The van der Waals surface area contributed by atoms with Crippen LogP contribution < -0.4 is 19.5 Å². The number of carbonyl (C=O) groups is 3. The molecular weight excluding hydrogens is 745 g/mol. The molecule has 2 fully saturated rings. The minimum Gasteiger partial charge on any atom is -0.507 e. The largest absolute Gasteiger partial charge is 0.507 e. The fourth-order valence-corrected chi connectivity index (χ4v) is 10.4. The zero-order valence-electron chi connectivity index (χ0n) is 35.9. The van der Waals surface area contributed by atoms with Crippen LogP contribution in [0.2, 0.25) is 18.1 Å². The van der Waals surface area contributed by atoms with Crippen molar-refractivity contribution in [3.8, 4) is 17.4 Å². The van der Waals surface area contributed by atoms with Gasteiger partial charge >= 0.3 is 0 Å². The molecule has 314 valence electrons. The Labute approximate surface area is 338 Å². The van der Waals surface area contributed by atoms with E-state index < -0.39 is 43.4 Å². The van der Waals surface area contributed by atoms with E-state index in [0.29, 0.717) is 54.4 Å². The average Bonchev–Trinajstić information content (AvgIpc) is 3.56. The highest BCUT2D eigenvalue weighted by atomic mass is 28.4. The molecule has 1 aromatic heterocycles. The lowest BCUT2D eigenvalue weighted by Crippen LogP contribution is -2.68. The number of unbranched alkanes of at least 4 members (excludes halogenated alkanes) is 2. The van der Waals surface area contributed by atoms with Gasteiger partial charge in [-0.1, -0.05) is 53.9 Å². The minimum atomic E-state index is -2.91. The number of aliphatic hydroxyl groups excluding tert-OH is 1. The maximum atomic E-state index is 15.9. The van der Waals surface area contributed by atoms with Crippen molar-refractivity contribution in [3.63, 3.8) is 0 Å². The van der Waals surface area contributed by atoms with Gasteiger partial charge in [-0.2, -0.15) is 0 Å². The number of anilines is 1. The maximum Gasteiger partial charge on any atom is 0.265 e. The summed E-state index contributed by atoms with van der Waals surface area (Å²) in [6.07, 6.45) is 6.55. The van der Waals surface area contributed by atoms with Crippen LogP contribution in [0.4, 0.5) is 5.69 Å². The van der Waals surface area contributed by atoms with Gasteiger partial charge in [0.05, 0.1) is 43.7 Å². The lowest BCUT2D eigenvalue weighted by atomic mass is 9.57. The molecule has 2 N–H and O–H groups in total. The molecule has 3 aliphatic carbocycles. The van der Waals surface area contributed by atoms with Gasteiger partial charge in [0, 0.05) is 23.1 Å². The molecule has 1 unspecified atom stereocenters. The minimum absolute atomic E-state index is 0.0504. The van der Waals surface area contributed by atoms with E-state index in [2.05, 4.69) is 43.1 Å². The summed E-state index contributed by atoms with van der Waals surface area (Å²) < 4.78 is 31.8. The topological polar surface area (TPSA) is 153 Å². The summed E-state index contributed by atoms with van der Waals surface area (Å²) in [6, 6.07) is 0.866. The Hall–Kier alpha value is -3.72. The Kier molecular flexibility index (Phi) is 12.4. The number of aliphatic hydroxyl groups is 1. The summed E-state index contributed by atoms with van der Waals surface area (Å²) in [4.78, 5) is 49.2. The summed E-state index contributed by atoms with van der Waals surface area (Å²) in [7, 11) is 4.40. The van der Waals surface area contributed by atoms with E-state index in [9.17, 15) is 9.90 Å². The Morgan fingerprint density at radius 1 is 1.09 bits per heavy atom. The SMILES string of the molecule is CCCCOc1noc2c1C(=O)[C@@]1(O[Si](C)(C)C(C)(C)C)C(=O)C3=C(O)c4c(c(OC)cc(NC(=O)C5CCCCN5C)c4OCCCC)C[C@H]3C[C@H]1[C@@H]2N(C)C. The van der Waals surface area contributed by atoms with E-state index in [1.54, 1.807) is 13.2 Å². The summed E-state index contributed by atoms with van der Waals surface area (Å²) in [5.41, 5.74) is -0.458. The molecule has 6 rings (SSSR count). The molecule has 57 heavy (non-hydrogen) atoms. The molecule has 1 amide bonds. The number of Topliss-reactive ketones (excluding diaryl/α,β-unsaturated/α-hetero) is 2. The van der Waals surface area contributed by atoms with E-state index >= 15 is 9.59 Å². The van der Waals surface area contributed by atoms with Crippen molar-refractivity contribution < 1.29 is 42.6 Å². The molecule has 5 atom stereocenters. The molecule has 13 nitrogen and oxygen atoms in total. The number of likely N-dealkylation sites (N-methyl/N-ethyl adjacent to an activating group) is 1. The van der Waals surface area contributed by atoms with E-state index in [1.807, 2.05) is 46.1 Å². The number of hydrogen-bond donors (Lipinski definition) is 2. The number of ether oxygens (including phenoxy) is 3. The van der Waals surface area contributed by atoms with Gasteiger partial charge in [0.2, 0.25) is 17.5 Å². The van der Waals surface area contributed by atoms with E-state index in [-0.39, 0.29) is 45.5 Å². The first-order chi connectivity index (χ1) is 26.9. The zero-order valence-corrected chi connectivity index (χ0v) is 36.9. The van der Waals surface area contributed by atoms with Crippen molar-refractivity contribution in [1.29, 1.82) is 0 Å². The summed E-state index contributed by atoms with van der Waals surface area (Å²) >= 11 is 0. The average molecular weight is 809 g/mol. The molecule has 0 radical (unpaired) electrons. The van der Waals surface area contributed by atoms with Gasteiger partial charge in [0.25, 0.3) is 5.88 Å². The number of carbonyl (C=O) groups excluding carboxylic acids is 3. The van der Waals surface area contributed by atoms with Crippen LogP contribution in [0.15, 0.2) is 16.2 Å². The molecule has 2 heterocycles. The standard InChI is InChI=1S/C43H64N4O9Si/c1-12-14-20-53-36-28(44-40(51)29-18-16-17-19-47(29)8)24-30(52-9)26-22-25-23-27-34(46(6)7)37-33(41(45-55-37)54-21-15-13-2)39(50)43(27,56-57(10,11)42(3,4)5)38(49)31(25)35(48)32(26)36/h24-25,27,29,34,48H,12-23H2,1-11H3,(H,44,51)/t25-,27-,29?,34-,43-/m0/s1. The first kappa shape index (κ1) is 42.9. The Morgan fingerprint density at radius 2 is 1.77 bits per heavy atom. The van der Waals surface area contributed by atoms with Crippen LogP contribution in [0.3, 0.4) is 0 Å². The van der Waals surface area contributed by atoms with Crippen molar-refractivity contribution >= 4 is 37.2 Å². The van der Waals surface area contributed by atoms with Crippen LogP contribution in [-0.4, -0.2) is 106 Å². The number of amides is 1. The second-order valence-electron chi connectivity index (χ2n) is 18.1. The monoisotopic (exact) mass is 808 g/mol. The molecule has 1 aromatic carbocycles. The number of hydrogen-bond acceptors (Lipinski definition) is 12. The Balaban J connectivity index is 1.57. The number of ketones is 2. The zero-order chi connectivity index (χ0) is 41.6. The number of benzene rings is 1. The number of fused-ring (bicyclic) bond motifs is 4. The van der Waals surface area contributed by atoms with E-state index in [1.165, 1.54) is 0 Å². The van der Waals surface area contributed by atoms with Gasteiger partial charge < -0.3 is 33.6 Å². The Morgan fingerprint density at radius 3 is 2.39 bits per heavy atom. The van der Waals surface area contributed by atoms with Crippen LogP contribution in [0.25, 0.3) is 5.76 Å². The first-order valence-electron chi connectivity index (χ1n) is 20.8. The molecule has 1 saturated heterocycles. The van der Waals surface area contributed by atoms with Crippen molar-refractivity contribution in [3.05, 3.63) is 34.1 Å². The molecule has 4 aliphatic rings. The van der Waals surface area contributed by atoms with Gasteiger partial charge in [0.1, 0.15) is 17.1 Å². The molecule has 1 aliphatic heterocycles. The van der Waals surface area contributed by atoms with Crippen molar-refractivity contribution in [1.82, 2.24) is 15.0 Å². The van der Waals surface area contributed by atoms with E-state index in [0.717, 1.165) is 51.5 Å². The maximum absolute atomic E-state index is 15.9. The third-order valence-corrected chi connectivity index (χ3v) is 17.5. The molecule has 2 aromatic rings. The fraction of sp³-hybridized carbons (Fsp3) is 0.674. The molecule has 14 heteroatoms. The van der Waals surface area contributed by atoms with Crippen molar-refractivity contribution in [2.75, 3.05) is 53.3 Å². The highest BCUT2D eigenvalue weighted by Gasteiger charge is 2.69. The predicted octanol–water partition coefficient (Wildman–Crippen LogP) is 7.75. The highest BCUT2D eigenvalue weighted by Crippen LogP contribution is 2.60. The van der Waals surface area contributed by atoms with Crippen molar-refractivity contribution in [2.45, 2.75) is 128 Å². The highest BCUT2D eigenvalue weighted by molar-refractivity contribution is 6.74. The van der Waals surface area contributed by atoms with Gasteiger partial charge in [-0.25, -0.2) is 0 Å². The molecule has 0 spiro atoms. The Bertz CT molecular complexity index is 1900. The van der Waals surface area contributed by atoms with Gasteiger partial charge in [-0.3, -0.25) is 24.2 Å². The summed E-state index contributed by atoms with van der Waals surface area (Å²) in [5, 5.41) is 19.7. The van der Waals surface area contributed by atoms with Crippen LogP contribution in [0.1, 0.15) is 119 Å². The lowest BCUT2D eigenvalue weighted by Gasteiger charge is -2.55. The quantitative estimate of drug-likeness (QED) is 0.109. The number of likely N-dealkylation sites (tertiary alicyclic amines) is 1. The normalized spacial score (nSPS) is 25.1. The van der Waals surface area contributed by atoms with Gasteiger partial charge in [0.15, 0.2) is 25.4 Å². The predicted molar refractivity (Wildman–Crippen MR) is 221 cm³/mol. The molecular formula is C43H64N4O9Si. The number of aromatic nitrogens is 1. The van der Waals surface area contributed by atoms with Crippen LogP contribution in [-0.2, 0) is 20.4 Å². The summed E-state index contributed by atoms with van der Waals surface area (Å²) in [6.45, 7) is 15.8. The number of methoxy groups -OCH3 is 1. The second kappa shape index (κ2) is 16.5. The number of nitrogens with one attached hydrogen (secondary N) is 1. The second-order valence-corrected chi connectivity index (χ2v) is 22.8. The van der Waals surface area contributed by atoms with Crippen LogP contribution in [0, 0.1) is 11.8 Å². The van der Waals surface area contributed by atoms with Crippen molar-refractivity contribution in [2.24, 2.45) is 11.8 Å². The number of nitrogens with zero attached hydrogens (tertiary/aromatic N) is 3. The molecule has 0 bridgehead atoms. The van der Waals surface area contributed by atoms with E-state index in [4.69, 9.17) is 23.2 Å². The number of rotatable bonds is 14. The van der Waals surface area contributed by atoms with Gasteiger partial charge in [-0.15, -0.1) is 0 Å². The number of piperidine rings is 1. The third kappa shape index (κ3) is 7.44. The molecule has 1 saturated carbocycles. The fourth-order valence-electron chi connectivity index (χ4n) is 8.93. The third-order valence-electron chi connectivity index (χ3n) is 13.1. The lowest BCUT2D eigenvalue weighted by molar-refractivity contribution is -0.140. The first-order valence-corrected chi connectivity index (χ1v) is 23.8. The van der Waals surface area contributed by atoms with Gasteiger partial charge in [-0.05, 0) is 95.4 Å². The smallest absolute Gasteiger partial charge is 0.265 e. The van der Waals surface area contributed by atoms with Crippen LogP contribution >= 0.6 is 0 Å². The summed E-state index contributed by atoms with van der Waals surface area (Å²) in [5.74, 6) is -1.64. The van der Waals surface area contributed by atoms with Crippen LogP contribution in [0.5, 0.6) is 17.4 Å².